The highest BCUT2D eigenvalue weighted by Gasteiger charge is 2.36. The molecule has 1 aliphatic heterocycles. The van der Waals surface area contributed by atoms with E-state index in [4.69, 9.17) is 13.6 Å². The third-order valence-corrected chi connectivity index (χ3v) is 4.77. The molecule has 0 aliphatic carbocycles. The van der Waals surface area contributed by atoms with E-state index in [-0.39, 0.29) is 0 Å². The first-order valence-electron chi connectivity index (χ1n) is 8.29. The molecule has 0 saturated heterocycles. The standard InChI is InChI=1S/C15H31N2O4P/c1-5-8-13-19-22(18,20-14-9-6-2)21-15-16(4)11-12-17(15)10-7-3/h11-12,15H,5-10,13-14H2,1-4H3. The van der Waals surface area contributed by atoms with Crippen LogP contribution in [-0.2, 0) is 18.1 Å². The van der Waals surface area contributed by atoms with Crippen molar-refractivity contribution in [1.29, 1.82) is 0 Å². The molecular weight excluding hydrogens is 303 g/mol. The Hall–Kier alpha value is -0.550. The van der Waals surface area contributed by atoms with E-state index in [0.717, 1.165) is 38.6 Å². The van der Waals surface area contributed by atoms with Gasteiger partial charge in [0.05, 0.1) is 13.2 Å². The van der Waals surface area contributed by atoms with E-state index >= 15 is 0 Å². The van der Waals surface area contributed by atoms with Gasteiger partial charge < -0.3 is 9.80 Å². The fraction of sp³-hybridized carbons (Fsp3) is 0.867. The molecule has 22 heavy (non-hydrogen) atoms. The Kier molecular flexibility index (Phi) is 9.10. The van der Waals surface area contributed by atoms with Crippen molar-refractivity contribution < 1.29 is 18.1 Å². The summed E-state index contributed by atoms with van der Waals surface area (Å²) in [7, 11) is -1.66. The predicted molar refractivity (Wildman–Crippen MR) is 88.1 cm³/mol. The summed E-state index contributed by atoms with van der Waals surface area (Å²) in [6, 6.07) is 0. The second-order valence-corrected chi connectivity index (χ2v) is 7.08. The number of rotatable bonds is 12. The molecule has 1 heterocycles. The highest BCUT2D eigenvalue weighted by Crippen LogP contribution is 2.52. The SMILES string of the molecule is CCCCOP(=O)(OCCCC)OC1N(C)C=CN1CCC. The molecule has 0 radical (unpaired) electrons. The second kappa shape index (κ2) is 10.3. The second-order valence-electron chi connectivity index (χ2n) is 5.45. The van der Waals surface area contributed by atoms with Crippen molar-refractivity contribution in [2.24, 2.45) is 0 Å². The monoisotopic (exact) mass is 334 g/mol. The predicted octanol–water partition coefficient (Wildman–Crippen LogP) is 4.16. The zero-order chi connectivity index (χ0) is 16.4. The average Bonchev–Trinajstić information content (AvgIpc) is 2.81. The number of unbranched alkanes of at least 4 members (excludes halogenated alkanes) is 2. The third-order valence-electron chi connectivity index (χ3n) is 3.33. The summed E-state index contributed by atoms with van der Waals surface area (Å²) in [6.45, 7) is 7.82. The normalized spacial score (nSPS) is 18.5. The lowest BCUT2D eigenvalue weighted by atomic mass is 10.4. The molecule has 0 aromatic rings. The maximum atomic E-state index is 12.9. The summed E-state index contributed by atoms with van der Waals surface area (Å²) >= 11 is 0. The van der Waals surface area contributed by atoms with E-state index in [1.165, 1.54) is 0 Å². The van der Waals surface area contributed by atoms with Crippen LogP contribution in [0.2, 0.25) is 0 Å². The van der Waals surface area contributed by atoms with Crippen molar-refractivity contribution in [2.45, 2.75) is 59.2 Å². The number of hydrogen-bond acceptors (Lipinski definition) is 6. The van der Waals surface area contributed by atoms with Gasteiger partial charge in [-0.15, -0.1) is 0 Å². The van der Waals surface area contributed by atoms with Crippen LogP contribution in [0.5, 0.6) is 0 Å². The first kappa shape index (κ1) is 19.5. The van der Waals surface area contributed by atoms with Gasteiger partial charge in [-0.05, 0) is 19.3 Å². The van der Waals surface area contributed by atoms with Crippen molar-refractivity contribution in [3.05, 3.63) is 12.4 Å². The molecule has 0 aromatic heterocycles. The molecule has 1 rings (SSSR count). The van der Waals surface area contributed by atoms with Gasteiger partial charge in [0.25, 0.3) is 0 Å². The van der Waals surface area contributed by atoms with E-state index in [0.29, 0.717) is 13.2 Å². The van der Waals surface area contributed by atoms with Crippen LogP contribution in [0.3, 0.4) is 0 Å². The Labute approximate surface area is 135 Å². The lowest BCUT2D eigenvalue weighted by molar-refractivity contribution is -0.0458. The van der Waals surface area contributed by atoms with E-state index in [2.05, 4.69) is 20.8 Å². The number of phosphoric acid groups is 1. The minimum atomic E-state index is -3.55. The quantitative estimate of drug-likeness (QED) is 0.395. The van der Waals surface area contributed by atoms with Gasteiger partial charge in [0.2, 0.25) is 6.35 Å². The van der Waals surface area contributed by atoms with Crippen LogP contribution >= 0.6 is 7.82 Å². The van der Waals surface area contributed by atoms with Crippen LogP contribution in [0, 0.1) is 0 Å². The Morgan fingerprint density at radius 1 is 1.00 bits per heavy atom. The zero-order valence-electron chi connectivity index (χ0n) is 14.4. The average molecular weight is 334 g/mol. The van der Waals surface area contributed by atoms with Gasteiger partial charge in [-0.1, -0.05) is 33.6 Å². The Morgan fingerprint density at radius 3 is 2.09 bits per heavy atom. The molecule has 0 spiro atoms. The maximum Gasteiger partial charge on any atom is 0.478 e. The highest BCUT2D eigenvalue weighted by atomic mass is 31.2. The van der Waals surface area contributed by atoms with Crippen LogP contribution in [0.25, 0.3) is 0 Å². The fourth-order valence-corrected chi connectivity index (χ4v) is 3.41. The summed E-state index contributed by atoms with van der Waals surface area (Å²) in [5.74, 6) is 0. The van der Waals surface area contributed by atoms with Crippen molar-refractivity contribution >= 4 is 7.82 Å². The Balaban J connectivity index is 2.66. The summed E-state index contributed by atoms with van der Waals surface area (Å²) < 4.78 is 29.6. The van der Waals surface area contributed by atoms with Gasteiger partial charge in [-0.2, -0.15) is 0 Å². The minimum absolute atomic E-state index is 0.386. The number of phosphoric ester groups is 1. The molecule has 1 unspecified atom stereocenters. The molecule has 130 valence electrons. The fourth-order valence-electron chi connectivity index (χ4n) is 2.01. The lowest BCUT2D eigenvalue weighted by Gasteiger charge is -2.32. The number of hydrogen-bond donors (Lipinski definition) is 0. The van der Waals surface area contributed by atoms with Crippen LogP contribution in [0.4, 0.5) is 0 Å². The summed E-state index contributed by atoms with van der Waals surface area (Å²) in [5, 5.41) is 0. The summed E-state index contributed by atoms with van der Waals surface area (Å²) in [4.78, 5) is 3.87. The van der Waals surface area contributed by atoms with Gasteiger partial charge in [-0.3, -0.25) is 9.05 Å². The lowest BCUT2D eigenvalue weighted by Crippen LogP contribution is -2.38. The van der Waals surface area contributed by atoms with Gasteiger partial charge >= 0.3 is 7.82 Å². The zero-order valence-corrected chi connectivity index (χ0v) is 15.3. The molecule has 6 nitrogen and oxygen atoms in total. The number of nitrogens with zero attached hydrogens (tertiary/aromatic N) is 2. The van der Waals surface area contributed by atoms with Crippen LogP contribution in [0.1, 0.15) is 52.9 Å². The summed E-state index contributed by atoms with van der Waals surface area (Å²) in [6.07, 6.45) is 8.01. The molecule has 0 N–H and O–H groups in total. The molecular formula is C15H31N2O4P. The third kappa shape index (κ3) is 6.29. The first-order valence-corrected chi connectivity index (χ1v) is 9.75. The van der Waals surface area contributed by atoms with Gasteiger partial charge in [-0.25, -0.2) is 9.09 Å². The molecule has 0 bridgehead atoms. The summed E-state index contributed by atoms with van der Waals surface area (Å²) in [5.41, 5.74) is 0. The first-order chi connectivity index (χ1) is 10.6. The van der Waals surface area contributed by atoms with Crippen molar-refractivity contribution in [3.63, 3.8) is 0 Å². The molecule has 7 heteroatoms. The van der Waals surface area contributed by atoms with E-state index in [1.54, 1.807) is 0 Å². The van der Waals surface area contributed by atoms with Crippen LogP contribution in [-0.4, -0.2) is 43.0 Å². The molecule has 1 atom stereocenters. The molecule has 0 amide bonds. The smallest absolute Gasteiger partial charge is 0.337 e. The Bertz CT molecular complexity index is 365. The van der Waals surface area contributed by atoms with E-state index in [9.17, 15) is 4.57 Å². The van der Waals surface area contributed by atoms with Crippen LogP contribution < -0.4 is 0 Å². The van der Waals surface area contributed by atoms with Gasteiger partial charge in [0.15, 0.2) is 0 Å². The van der Waals surface area contributed by atoms with Crippen molar-refractivity contribution in [2.75, 3.05) is 26.8 Å². The van der Waals surface area contributed by atoms with Crippen LogP contribution in [0.15, 0.2) is 12.4 Å². The topological polar surface area (TPSA) is 51.2 Å². The van der Waals surface area contributed by atoms with Gasteiger partial charge in [0, 0.05) is 26.0 Å². The Morgan fingerprint density at radius 2 is 1.59 bits per heavy atom. The van der Waals surface area contributed by atoms with Gasteiger partial charge in [0.1, 0.15) is 0 Å². The molecule has 0 fully saturated rings. The van der Waals surface area contributed by atoms with E-state index < -0.39 is 14.2 Å². The minimum Gasteiger partial charge on any atom is -0.337 e. The highest BCUT2D eigenvalue weighted by molar-refractivity contribution is 7.48. The maximum absolute atomic E-state index is 12.9. The molecule has 1 aliphatic rings. The van der Waals surface area contributed by atoms with Crippen molar-refractivity contribution in [1.82, 2.24) is 9.80 Å². The largest absolute Gasteiger partial charge is 0.478 e. The molecule has 0 aromatic carbocycles. The molecule has 0 saturated carbocycles. The van der Waals surface area contributed by atoms with Crippen molar-refractivity contribution in [3.8, 4) is 0 Å². The van der Waals surface area contributed by atoms with E-state index in [1.807, 2.05) is 29.2 Å².